The highest BCUT2D eigenvalue weighted by atomic mass is 16.5. The molecule has 1 heterocycles. The molecule has 122 valence electrons. The van der Waals surface area contributed by atoms with Crippen molar-refractivity contribution in [1.82, 2.24) is 15.2 Å². The number of pyridine rings is 1. The topological polar surface area (TPSA) is 59.0 Å². The Bertz CT molecular complexity index is 472. The van der Waals surface area contributed by atoms with Gasteiger partial charge in [0.25, 0.3) is 0 Å². The second kappa shape index (κ2) is 8.58. The minimum absolute atomic E-state index is 0.623. The lowest BCUT2D eigenvalue weighted by atomic mass is 10.3. The lowest BCUT2D eigenvalue weighted by molar-refractivity contribution is 0.115. The van der Waals surface area contributed by atoms with E-state index in [2.05, 4.69) is 20.2 Å². The molecule has 0 saturated heterocycles. The number of rotatable bonds is 8. The van der Waals surface area contributed by atoms with Crippen molar-refractivity contribution in [2.75, 3.05) is 41.0 Å². The van der Waals surface area contributed by atoms with Crippen LogP contribution in [0.3, 0.4) is 0 Å². The summed E-state index contributed by atoms with van der Waals surface area (Å²) in [5, 5.41) is 3.32. The average molecular weight is 306 g/mol. The Morgan fingerprint density at radius 2 is 2.27 bits per heavy atom. The monoisotopic (exact) mass is 306 g/mol. The summed E-state index contributed by atoms with van der Waals surface area (Å²) in [6, 6.07) is 3.85. The minimum Gasteiger partial charge on any atom is -0.481 e. The summed E-state index contributed by atoms with van der Waals surface area (Å²) < 4.78 is 10.7. The highest BCUT2D eigenvalue weighted by molar-refractivity contribution is 5.79. The van der Waals surface area contributed by atoms with Crippen molar-refractivity contribution < 1.29 is 9.47 Å². The van der Waals surface area contributed by atoms with E-state index in [1.807, 2.05) is 19.2 Å². The molecule has 0 aliphatic heterocycles. The highest BCUT2D eigenvalue weighted by Gasteiger charge is 2.21. The van der Waals surface area contributed by atoms with E-state index < -0.39 is 0 Å². The van der Waals surface area contributed by atoms with Gasteiger partial charge in [0.1, 0.15) is 0 Å². The van der Waals surface area contributed by atoms with Crippen molar-refractivity contribution in [3.05, 3.63) is 23.9 Å². The summed E-state index contributed by atoms with van der Waals surface area (Å²) >= 11 is 0. The molecule has 1 aromatic heterocycles. The fourth-order valence-corrected chi connectivity index (χ4v) is 2.04. The Morgan fingerprint density at radius 3 is 2.86 bits per heavy atom. The molecule has 1 aliphatic carbocycles. The normalized spacial score (nSPS) is 14.8. The van der Waals surface area contributed by atoms with Crippen LogP contribution in [0.4, 0.5) is 0 Å². The second-order valence-electron chi connectivity index (χ2n) is 5.55. The van der Waals surface area contributed by atoms with Gasteiger partial charge in [-0.25, -0.2) is 4.98 Å². The third-order valence-electron chi connectivity index (χ3n) is 3.65. The van der Waals surface area contributed by atoms with Crippen molar-refractivity contribution in [3.63, 3.8) is 0 Å². The molecule has 1 saturated carbocycles. The van der Waals surface area contributed by atoms with Crippen molar-refractivity contribution in [1.29, 1.82) is 0 Å². The zero-order valence-electron chi connectivity index (χ0n) is 13.7. The number of guanidine groups is 1. The first-order chi connectivity index (χ1) is 10.7. The number of ether oxygens (including phenoxy) is 2. The lowest BCUT2D eigenvalue weighted by Gasteiger charge is -2.22. The maximum absolute atomic E-state index is 5.66. The minimum atomic E-state index is 0.623. The van der Waals surface area contributed by atoms with Crippen LogP contribution in [-0.2, 0) is 11.3 Å². The van der Waals surface area contributed by atoms with E-state index in [0.717, 1.165) is 37.2 Å². The number of nitrogens with one attached hydrogen (secondary N) is 1. The summed E-state index contributed by atoms with van der Waals surface area (Å²) in [5.74, 6) is 2.29. The van der Waals surface area contributed by atoms with E-state index >= 15 is 0 Å². The molecule has 0 bridgehead atoms. The molecule has 2 rings (SSSR count). The first-order valence-corrected chi connectivity index (χ1v) is 7.71. The van der Waals surface area contributed by atoms with E-state index in [4.69, 9.17) is 9.47 Å². The van der Waals surface area contributed by atoms with Gasteiger partial charge in [0.2, 0.25) is 5.88 Å². The van der Waals surface area contributed by atoms with Crippen LogP contribution in [-0.4, -0.2) is 56.8 Å². The predicted octanol–water partition coefficient (Wildman–Crippen LogP) is 1.52. The van der Waals surface area contributed by atoms with Gasteiger partial charge in [-0.3, -0.25) is 4.99 Å². The van der Waals surface area contributed by atoms with Gasteiger partial charge in [-0.05, 0) is 24.3 Å². The molecule has 1 aliphatic rings. The Kier molecular flexibility index (Phi) is 6.45. The van der Waals surface area contributed by atoms with Crippen LogP contribution in [0.15, 0.2) is 23.3 Å². The molecule has 1 N–H and O–H groups in total. The molecule has 0 spiro atoms. The van der Waals surface area contributed by atoms with Gasteiger partial charge in [-0.15, -0.1) is 0 Å². The maximum atomic E-state index is 5.66. The number of hydrogen-bond acceptors (Lipinski definition) is 4. The molecule has 22 heavy (non-hydrogen) atoms. The van der Waals surface area contributed by atoms with E-state index in [9.17, 15) is 0 Å². The molecule has 0 radical (unpaired) electrons. The molecule has 6 nitrogen and oxygen atoms in total. The summed E-state index contributed by atoms with van der Waals surface area (Å²) in [7, 11) is 5.42. The Hall–Kier alpha value is -1.82. The van der Waals surface area contributed by atoms with Crippen LogP contribution in [0, 0.1) is 5.92 Å². The van der Waals surface area contributed by atoms with Crippen molar-refractivity contribution in [3.8, 4) is 5.88 Å². The van der Waals surface area contributed by atoms with E-state index in [-0.39, 0.29) is 0 Å². The number of methoxy groups -OCH3 is 1. The van der Waals surface area contributed by atoms with Crippen molar-refractivity contribution >= 4 is 5.96 Å². The highest BCUT2D eigenvalue weighted by Crippen LogP contribution is 2.28. The number of aliphatic imine (C=N–C) groups is 1. The Labute approximate surface area is 132 Å². The van der Waals surface area contributed by atoms with Crippen molar-refractivity contribution in [2.45, 2.75) is 19.4 Å². The van der Waals surface area contributed by atoms with Gasteiger partial charge < -0.3 is 19.7 Å². The van der Waals surface area contributed by atoms with Gasteiger partial charge >= 0.3 is 0 Å². The third kappa shape index (κ3) is 5.52. The average Bonchev–Trinajstić information content (AvgIpc) is 3.37. The summed E-state index contributed by atoms with van der Waals surface area (Å²) in [4.78, 5) is 10.6. The quantitative estimate of drug-likeness (QED) is 0.448. The van der Waals surface area contributed by atoms with Gasteiger partial charge in [0, 0.05) is 46.1 Å². The van der Waals surface area contributed by atoms with Crippen LogP contribution in [0.2, 0.25) is 0 Å². The summed E-state index contributed by atoms with van der Waals surface area (Å²) in [6.07, 6.45) is 4.46. The molecular weight excluding hydrogens is 280 g/mol. The maximum Gasteiger partial charge on any atom is 0.212 e. The molecule has 6 heteroatoms. The molecular formula is C16H26N4O2. The first-order valence-electron chi connectivity index (χ1n) is 7.71. The van der Waals surface area contributed by atoms with Gasteiger partial charge in [0.15, 0.2) is 5.96 Å². The molecule has 1 aromatic rings. The third-order valence-corrected chi connectivity index (χ3v) is 3.65. The van der Waals surface area contributed by atoms with Crippen LogP contribution < -0.4 is 10.1 Å². The summed E-state index contributed by atoms with van der Waals surface area (Å²) in [6.45, 7) is 3.14. The zero-order valence-corrected chi connectivity index (χ0v) is 13.7. The molecule has 0 atom stereocenters. The van der Waals surface area contributed by atoms with E-state index in [1.165, 1.54) is 12.8 Å². The molecule has 0 unspecified atom stereocenters. The SMILES string of the molecule is CN=C(NCc1ccc(OC)nc1)N(C)CCOCC1CC1. The van der Waals surface area contributed by atoms with Gasteiger partial charge in [0.05, 0.1) is 13.7 Å². The zero-order chi connectivity index (χ0) is 15.8. The first kappa shape index (κ1) is 16.5. The van der Waals surface area contributed by atoms with Crippen LogP contribution in [0.25, 0.3) is 0 Å². The molecule has 0 amide bonds. The van der Waals surface area contributed by atoms with Crippen LogP contribution in [0.1, 0.15) is 18.4 Å². The smallest absolute Gasteiger partial charge is 0.212 e. The Balaban J connectivity index is 1.70. The largest absolute Gasteiger partial charge is 0.481 e. The number of likely N-dealkylation sites (N-methyl/N-ethyl adjacent to an activating group) is 1. The van der Waals surface area contributed by atoms with Gasteiger partial charge in [-0.1, -0.05) is 6.07 Å². The fourth-order valence-electron chi connectivity index (χ4n) is 2.04. The predicted molar refractivity (Wildman–Crippen MR) is 87.2 cm³/mol. The van der Waals surface area contributed by atoms with Gasteiger partial charge in [-0.2, -0.15) is 0 Å². The fraction of sp³-hybridized carbons (Fsp3) is 0.625. The second-order valence-corrected chi connectivity index (χ2v) is 5.55. The number of aromatic nitrogens is 1. The van der Waals surface area contributed by atoms with Crippen LogP contribution in [0.5, 0.6) is 5.88 Å². The standard InChI is InChI=1S/C16H26N4O2/c1-17-16(20(2)8-9-22-12-13-4-5-13)19-11-14-6-7-15(21-3)18-10-14/h6-7,10,13H,4-5,8-9,11-12H2,1-3H3,(H,17,19). The van der Waals surface area contributed by atoms with Crippen LogP contribution >= 0.6 is 0 Å². The van der Waals surface area contributed by atoms with E-state index in [1.54, 1.807) is 20.4 Å². The summed E-state index contributed by atoms with van der Waals surface area (Å²) in [5.41, 5.74) is 1.08. The van der Waals surface area contributed by atoms with Crippen molar-refractivity contribution in [2.24, 2.45) is 10.9 Å². The molecule has 0 aromatic carbocycles. The lowest BCUT2D eigenvalue weighted by Crippen LogP contribution is -2.40. The Morgan fingerprint density at radius 1 is 1.45 bits per heavy atom. The number of nitrogens with zero attached hydrogens (tertiary/aromatic N) is 3. The van der Waals surface area contributed by atoms with E-state index in [0.29, 0.717) is 12.4 Å². The molecule has 1 fully saturated rings. The number of hydrogen-bond donors (Lipinski definition) is 1.